The van der Waals surface area contributed by atoms with Crippen LogP contribution in [0.25, 0.3) is 0 Å². The summed E-state index contributed by atoms with van der Waals surface area (Å²) >= 11 is 0. The van der Waals surface area contributed by atoms with Crippen molar-refractivity contribution in [1.82, 2.24) is 4.90 Å². The van der Waals surface area contributed by atoms with Crippen molar-refractivity contribution < 1.29 is 14.9 Å². The zero-order valence-electron chi connectivity index (χ0n) is 11.8. The number of aliphatic hydroxyl groups excluding tert-OH is 2. The highest BCUT2D eigenvalue weighted by Crippen LogP contribution is 2.37. The molecule has 0 spiro atoms. The van der Waals surface area contributed by atoms with Crippen molar-refractivity contribution in [2.24, 2.45) is 11.3 Å². The van der Waals surface area contributed by atoms with E-state index >= 15 is 0 Å². The molecule has 2 heterocycles. The monoisotopic (exact) mass is 269 g/mol. The van der Waals surface area contributed by atoms with Crippen molar-refractivity contribution in [3.8, 4) is 0 Å². The molecule has 4 heteroatoms. The average molecular weight is 269 g/mol. The molecule has 3 rings (SSSR count). The molecule has 0 radical (unpaired) electrons. The van der Waals surface area contributed by atoms with Crippen molar-refractivity contribution >= 4 is 0 Å². The fourth-order valence-electron chi connectivity index (χ4n) is 4.18. The molecule has 0 aromatic rings. The number of nitrogens with zero attached hydrogens (tertiary/aromatic N) is 1. The van der Waals surface area contributed by atoms with Crippen molar-refractivity contribution in [2.45, 2.75) is 50.7 Å². The summed E-state index contributed by atoms with van der Waals surface area (Å²) < 4.78 is 5.31. The van der Waals surface area contributed by atoms with Gasteiger partial charge in [-0.05, 0) is 32.2 Å². The van der Waals surface area contributed by atoms with Gasteiger partial charge in [0.2, 0.25) is 0 Å². The van der Waals surface area contributed by atoms with Gasteiger partial charge < -0.3 is 14.9 Å². The summed E-state index contributed by atoms with van der Waals surface area (Å²) in [5.74, 6) is 0.452. The normalized spacial score (nSPS) is 39.2. The lowest BCUT2D eigenvalue weighted by Crippen LogP contribution is -2.55. The molecule has 1 aliphatic carbocycles. The number of aliphatic hydroxyl groups is 2. The molecular formula is C15H27NO3. The molecule has 1 saturated carbocycles. The molecule has 2 saturated heterocycles. The topological polar surface area (TPSA) is 52.9 Å². The molecule has 0 aromatic carbocycles. The Hall–Kier alpha value is -0.160. The van der Waals surface area contributed by atoms with Crippen LogP contribution in [0.5, 0.6) is 0 Å². The van der Waals surface area contributed by atoms with Crippen molar-refractivity contribution in [2.75, 3.05) is 32.9 Å². The van der Waals surface area contributed by atoms with Gasteiger partial charge in [-0.3, -0.25) is 4.90 Å². The molecular weight excluding hydrogens is 242 g/mol. The lowest BCUT2D eigenvalue weighted by Gasteiger charge is -2.45. The number of rotatable bonds is 4. The first-order valence-electron chi connectivity index (χ1n) is 7.85. The van der Waals surface area contributed by atoms with E-state index in [1.54, 1.807) is 0 Å². The van der Waals surface area contributed by atoms with Gasteiger partial charge in [0, 0.05) is 18.5 Å². The van der Waals surface area contributed by atoms with Crippen LogP contribution in [0.15, 0.2) is 0 Å². The number of ether oxygens (including phenoxy) is 1. The lowest BCUT2D eigenvalue weighted by molar-refractivity contribution is -0.152. The average Bonchev–Trinajstić information content (AvgIpc) is 2.82. The van der Waals surface area contributed by atoms with Crippen LogP contribution in [0.1, 0.15) is 38.5 Å². The second-order valence-corrected chi connectivity index (χ2v) is 6.85. The highest BCUT2D eigenvalue weighted by Gasteiger charge is 2.44. The Morgan fingerprint density at radius 3 is 2.53 bits per heavy atom. The van der Waals surface area contributed by atoms with E-state index in [1.165, 1.54) is 32.1 Å². The zero-order valence-corrected chi connectivity index (χ0v) is 11.8. The van der Waals surface area contributed by atoms with Crippen LogP contribution in [-0.2, 0) is 4.74 Å². The predicted molar refractivity (Wildman–Crippen MR) is 72.9 cm³/mol. The van der Waals surface area contributed by atoms with Crippen molar-refractivity contribution in [3.63, 3.8) is 0 Å². The molecule has 4 nitrogen and oxygen atoms in total. The summed E-state index contributed by atoms with van der Waals surface area (Å²) in [5, 5.41) is 19.9. The first kappa shape index (κ1) is 13.8. The largest absolute Gasteiger partial charge is 0.396 e. The van der Waals surface area contributed by atoms with Crippen LogP contribution in [0.3, 0.4) is 0 Å². The molecule has 2 N–H and O–H groups in total. The van der Waals surface area contributed by atoms with Gasteiger partial charge in [0.15, 0.2) is 0 Å². The van der Waals surface area contributed by atoms with Gasteiger partial charge in [-0.2, -0.15) is 0 Å². The third-order valence-electron chi connectivity index (χ3n) is 5.38. The molecule has 0 unspecified atom stereocenters. The van der Waals surface area contributed by atoms with Crippen LogP contribution < -0.4 is 0 Å². The van der Waals surface area contributed by atoms with Gasteiger partial charge >= 0.3 is 0 Å². The van der Waals surface area contributed by atoms with Gasteiger partial charge in [0.25, 0.3) is 0 Å². The zero-order chi connectivity index (χ0) is 13.3. The molecule has 3 fully saturated rings. The summed E-state index contributed by atoms with van der Waals surface area (Å²) in [6.07, 6.45) is 6.93. The minimum Gasteiger partial charge on any atom is -0.396 e. The van der Waals surface area contributed by atoms with Crippen molar-refractivity contribution in [3.05, 3.63) is 0 Å². The highest BCUT2D eigenvalue weighted by molar-refractivity contribution is 4.95. The highest BCUT2D eigenvalue weighted by atomic mass is 16.5. The minimum absolute atomic E-state index is 0.0256. The van der Waals surface area contributed by atoms with E-state index in [-0.39, 0.29) is 18.1 Å². The van der Waals surface area contributed by atoms with E-state index in [9.17, 15) is 10.2 Å². The maximum atomic E-state index is 10.3. The SMILES string of the molecule is OCC1(CN2CCC[C@@H]2[C@@H]2CCCC[C@@H]2O)COC1. The van der Waals surface area contributed by atoms with Gasteiger partial charge in [-0.15, -0.1) is 0 Å². The van der Waals surface area contributed by atoms with Gasteiger partial charge in [-0.1, -0.05) is 12.8 Å². The molecule has 110 valence electrons. The Balaban J connectivity index is 1.64. The van der Waals surface area contributed by atoms with E-state index in [0.717, 1.165) is 19.5 Å². The van der Waals surface area contributed by atoms with E-state index in [4.69, 9.17) is 4.74 Å². The van der Waals surface area contributed by atoms with Crippen LogP contribution >= 0.6 is 0 Å². The van der Waals surface area contributed by atoms with E-state index in [2.05, 4.69) is 4.90 Å². The Morgan fingerprint density at radius 2 is 1.89 bits per heavy atom. The molecule has 3 aliphatic rings. The molecule has 0 aromatic heterocycles. The maximum absolute atomic E-state index is 10.3. The smallest absolute Gasteiger partial charge is 0.0583 e. The van der Waals surface area contributed by atoms with Crippen LogP contribution in [0, 0.1) is 11.3 Å². The summed E-state index contributed by atoms with van der Waals surface area (Å²) in [7, 11) is 0. The first-order chi connectivity index (χ1) is 9.24. The molecule has 3 atom stereocenters. The summed E-state index contributed by atoms with van der Waals surface area (Å²) in [4.78, 5) is 2.53. The fraction of sp³-hybridized carbons (Fsp3) is 1.00. The third-order valence-corrected chi connectivity index (χ3v) is 5.38. The summed E-state index contributed by atoms with van der Waals surface area (Å²) in [5.41, 5.74) is -0.0256. The van der Waals surface area contributed by atoms with Crippen molar-refractivity contribution in [1.29, 1.82) is 0 Å². The van der Waals surface area contributed by atoms with Gasteiger partial charge in [0.05, 0.1) is 31.3 Å². The van der Waals surface area contributed by atoms with Gasteiger partial charge in [0.1, 0.15) is 0 Å². The molecule has 0 amide bonds. The molecule has 0 bridgehead atoms. The second-order valence-electron chi connectivity index (χ2n) is 6.85. The third kappa shape index (κ3) is 2.68. The number of likely N-dealkylation sites (tertiary alicyclic amines) is 1. The van der Waals surface area contributed by atoms with E-state index in [1.807, 2.05) is 0 Å². The summed E-state index contributed by atoms with van der Waals surface area (Å²) in [6.45, 7) is 3.68. The Labute approximate surface area is 115 Å². The Bertz CT molecular complexity index is 300. The Morgan fingerprint density at radius 1 is 1.11 bits per heavy atom. The van der Waals surface area contributed by atoms with Crippen LogP contribution in [0.2, 0.25) is 0 Å². The molecule has 2 aliphatic heterocycles. The lowest BCUT2D eigenvalue weighted by atomic mass is 9.79. The van der Waals surface area contributed by atoms with E-state index < -0.39 is 0 Å². The fourth-order valence-corrected chi connectivity index (χ4v) is 4.18. The predicted octanol–water partition coefficient (Wildman–Crippen LogP) is 1.01. The quantitative estimate of drug-likeness (QED) is 0.800. The minimum atomic E-state index is -0.109. The number of hydrogen-bond donors (Lipinski definition) is 2. The maximum Gasteiger partial charge on any atom is 0.0583 e. The van der Waals surface area contributed by atoms with Gasteiger partial charge in [-0.25, -0.2) is 0 Å². The first-order valence-corrected chi connectivity index (χ1v) is 7.85. The Kier molecular flexibility index (Phi) is 4.13. The standard InChI is InChI=1S/C15H27NO3/c17-9-15(10-19-11-15)8-16-7-3-5-13(16)12-4-1-2-6-14(12)18/h12-14,17-18H,1-11H2/t12-,13+,14-/m0/s1. The molecule has 19 heavy (non-hydrogen) atoms. The van der Waals surface area contributed by atoms with E-state index in [0.29, 0.717) is 25.2 Å². The van der Waals surface area contributed by atoms with Crippen LogP contribution in [-0.4, -0.2) is 60.2 Å². The van der Waals surface area contributed by atoms with Crippen LogP contribution in [0.4, 0.5) is 0 Å². The number of hydrogen-bond acceptors (Lipinski definition) is 4. The summed E-state index contributed by atoms with van der Waals surface area (Å²) in [6, 6.07) is 0.527. The second kappa shape index (κ2) is 5.68.